The zero-order valence-electron chi connectivity index (χ0n) is 19.2. The summed E-state index contributed by atoms with van der Waals surface area (Å²) in [4.78, 5) is 15.6. The molecule has 0 bridgehead atoms. The van der Waals surface area contributed by atoms with Crippen LogP contribution in [-0.2, 0) is 20.2 Å². The Balaban J connectivity index is 1.37. The maximum Gasteiger partial charge on any atom is 0.232 e. The molecule has 1 saturated carbocycles. The Labute approximate surface area is 202 Å². The van der Waals surface area contributed by atoms with Gasteiger partial charge in [0.2, 0.25) is 10.0 Å². The van der Waals surface area contributed by atoms with E-state index in [-0.39, 0.29) is 11.3 Å². The summed E-state index contributed by atoms with van der Waals surface area (Å²) in [5.74, 6) is 0.568. The molecule has 2 aliphatic rings. The number of carbonyl (C=O) groups excluding carboxylic acids is 1. The van der Waals surface area contributed by atoms with Crippen LogP contribution >= 0.6 is 11.6 Å². The van der Waals surface area contributed by atoms with E-state index >= 15 is 0 Å². The molecule has 0 N–H and O–H groups in total. The van der Waals surface area contributed by atoms with Crippen molar-refractivity contribution in [3.8, 4) is 0 Å². The highest BCUT2D eigenvalue weighted by atomic mass is 35.5. The molecule has 0 radical (unpaired) electrons. The van der Waals surface area contributed by atoms with Crippen LogP contribution in [0.4, 0.5) is 5.69 Å². The fourth-order valence-electron chi connectivity index (χ4n) is 5.29. The number of piperidine rings is 1. The monoisotopic (exact) mass is 488 g/mol. The lowest BCUT2D eigenvalue weighted by molar-refractivity contribution is -0.128. The molecule has 0 aromatic heterocycles. The second kappa shape index (κ2) is 10.2. The highest BCUT2D eigenvalue weighted by molar-refractivity contribution is 7.92. The minimum atomic E-state index is -3.36. The number of hydrogen-bond donors (Lipinski definition) is 0. The van der Waals surface area contributed by atoms with Gasteiger partial charge in [-0.1, -0.05) is 48.4 Å². The van der Waals surface area contributed by atoms with Gasteiger partial charge < -0.3 is 4.90 Å². The number of ketones is 1. The first-order chi connectivity index (χ1) is 15.8. The summed E-state index contributed by atoms with van der Waals surface area (Å²) in [5.41, 5.74) is 1.45. The highest BCUT2D eigenvalue weighted by Gasteiger charge is 2.44. The van der Waals surface area contributed by atoms with Crippen molar-refractivity contribution >= 4 is 33.1 Å². The predicted octanol–water partition coefficient (Wildman–Crippen LogP) is 4.90. The molecule has 0 amide bonds. The van der Waals surface area contributed by atoms with E-state index < -0.39 is 10.0 Å². The number of halogens is 1. The first-order valence-corrected chi connectivity index (χ1v) is 14.0. The lowest BCUT2D eigenvalue weighted by Crippen LogP contribution is -2.46. The zero-order chi connectivity index (χ0) is 23.5. The second-order valence-corrected chi connectivity index (χ2v) is 11.9. The number of para-hydroxylation sites is 1. The molecular weight excluding hydrogens is 456 g/mol. The molecule has 5 nitrogen and oxygen atoms in total. The molecule has 1 aliphatic heterocycles. The van der Waals surface area contributed by atoms with E-state index in [1.807, 2.05) is 54.6 Å². The molecule has 2 aromatic rings. The molecule has 178 valence electrons. The predicted molar refractivity (Wildman–Crippen MR) is 134 cm³/mol. The normalized spacial score (nSPS) is 20.7. The van der Waals surface area contributed by atoms with E-state index in [1.165, 1.54) is 10.6 Å². The molecular formula is C26H33ClN2O3S. The van der Waals surface area contributed by atoms with E-state index in [1.54, 1.807) is 0 Å². The van der Waals surface area contributed by atoms with Crippen molar-refractivity contribution < 1.29 is 13.2 Å². The van der Waals surface area contributed by atoms with Crippen LogP contribution in [0.2, 0.25) is 5.02 Å². The van der Waals surface area contributed by atoms with E-state index in [0.717, 1.165) is 57.3 Å². The van der Waals surface area contributed by atoms with Crippen LogP contribution in [0.3, 0.4) is 0 Å². The summed E-state index contributed by atoms with van der Waals surface area (Å²) in [6.07, 6.45) is 6.73. The van der Waals surface area contributed by atoms with Gasteiger partial charge in [0.1, 0.15) is 5.78 Å². The quantitative estimate of drug-likeness (QED) is 0.503. The van der Waals surface area contributed by atoms with Gasteiger partial charge in [-0.3, -0.25) is 9.10 Å². The van der Waals surface area contributed by atoms with Gasteiger partial charge >= 0.3 is 0 Å². The van der Waals surface area contributed by atoms with E-state index in [0.29, 0.717) is 29.5 Å². The SMILES string of the molecule is CS(=O)(=O)N(CC1CCCN(CCC(=O)C2(c3ccc(Cl)cc3)CCC2)C1)c1ccccc1. The van der Waals surface area contributed by atoms with E-state index in [2.05, 4.69) is 4.90 Å². The van der Waals surface area contributed by atoms with Crippen molar-refractivity contribution in [2.75, 3.05) is 36.7 Å². The number of benzene rings is 2. The van der Waals surface area contributed by atoms with Gasteiger partial charge in [0.05, 0.1) is 17.4 Å². The van der Waals surface area contributed by atoms with Crippen molar-refractivity contribution in [2.45, 2.75) is 43.9 Å². The minimum absolute atomic E-state index is 0.248. The summed E-state index contributed by atoms with van der Waals surface area (Å²) >= 11 is 6.05. The van der Waals surface area contributed by atoms with Gasteiger partial charge in [0, 0.05) is 31.1 Å². The number of anilines is 1. The van der Waals surface area contributed by atoms with Crippen LogP contribution in [0.5, 0.6) is 0 Å². The molecule has 2 aromatic carbocycles. The molecule has 33 heavy (non-hydrogen) atoms. The lowest BCUT2D eigenvalue weighted by Gasteiger charge is -2.42. The number of rotatable bonds is 9. The molecule has 2 fully saturated rings. The van der Waals surface area contributed by atoms with Crippen LogP contribution in [0.15, 0.2) is 54.6 Å². The third-order valence-corrected chi connectivity index (χ3v) is 8.68. The van der Waals surface area contributed by atoms with Crippen LogP contribution < -0.4 is 4.31 Å². The fraction of sp³-hybridized carbons (Fsp3) is 0.500. The van der Waals surface area contributed by atoms with Crippen molar-refractivity contribution in [3.05, 3.63) is 65.2 Å². The summed E-state index contributed by atoms with van der Waals surface area (Å²) in [7, 11) is -3.36. The number of Topliss-reactive ketones (excluding diaryl/α,β-unsaturated/α-hetero) is 1. The van der Waals surface area contributed by atoms with Crippen molar-refractivity contribution in [3.63, 3.8) is 0 Å². The largest absolute Gasteiger partial charge is 0.303 e. The molecule has 1 aliphatic carbocycles. The third-order valence-electron chi connectivity index (χ3n) is 7.26. The van der Waals surface area contributed by atoms with E-state index in [4.69, 9.17) is 11.6 Å². The Morgan fingerprint density at radius 1 is 1.09 bits per heavy atom. The maximum absolute atomic E-state index is 13.3. The maximum atomic E-state index is 13.3. The second-order valence-electron chi connectivity index (χ2n) is 9.55. The van der Waals surface area contributed by atoms with Crippen LogP contribution in [-0.4, -0.2) is 51.5 Å². The standard InChI is InChI=1S/C26H33ClN2O3S/c1-33(31,32)29(24-8-3-2-4-9-24)20-21-7-5-17-28(19-21)18-14-25(30)26(15-6-16-26)22-10-12-23(27)13-11-22/h2-4,8-13,21H,5-7,14-20H2,1H3. The Bertz CT molecular complexity index is 1050. The Morgan fingerprint density at radius 3 is 2.39 bits per heavy atom. The molecule has 0 spiro atoms. The number of nitrogens with zero attached hydrogens (tertiary/aromatic N) is 2. The summed E-state index contributed by atoms with van der Waals surface area (Å²) in [6, 6.07) is 17.1. The third kappa shape index (κ3) is 5.61. The van der Waals surface area contributed by atoms with Gasteiger partial charge in [-0.25, -0.2) is 8.42 Å². The summed E-state index contributed by atoms with van der Waals surface area (Å²) in [6.45, 7) is 2.99. The van der Waals surface area contributed by atoms with E-state index in [9.17, 15) is 13.2 Å². The van der Waals surface area contributed by atoms with Gasteiger partial charge in [0.25, 0.3) is 0 Å². The Morgan fingerprint density at radius 2 is 1.79 bits per heavy atom. The number of hydrogen-bond acceptors (Lipinski definition) is 4. The van der Waals surface area contributed by atoms with Gasteiger partial charge in [0.15, 0.2) is 0 Å². The average Bonchev–Trinajstić information content (AvgIpc) is 2.77. The van der Waals surface area contributed by atoms with Gasteiger partial charge in [-0.2, -0.15) is 0 Å². The highest BCUT2D eigenvalue weighted by Crippen LogP contribution is 2.45. The first-order valence-electron chi connectivity index (χ1n) is 11.8. The Kier molecular flexibility index (Phi) is 7.46. The molecule has 1 heterocycles. The molecule has 1 unspecified atom stereocenters. The van der Waals surface area contributed by atoms with Crippen LogP contribution in [0.25, 0.3) is 0 Å². The van der Waals surface area contributed by atoms with Gasteiger partial charge in [-0.05, 0) is 68.0 Å². The smallest absolute Gasteiger partial charge is 0.232 e. The van der Waals surface area contributed by atoms with Crippen LogP contribution in [0, 0.1) is 5.92 Å². The number of carbonyl (C=O) groups is 1. The summed E-state index contributed by atoms with van der Waals surface area (Å²) < 4.78 is 26.5. The van der Waals surface area contributed by atoms with Crippen LogP contribution in [0.1, 0.15) is 44.1 Å². The number of sulfonamides is 1. The first kappa shape index (κ1) is 24.2. The van der Waals surface area contributed by atoms with Crippen molar-refractivity contribution in [1.82, 2.24) is 4.90 Å². The van der Waals surface area contributed by atoms with Gasteiger partial charge in [-0.15, -0.1) is 0 Å². The zero-order valence-corrected chi connectivity index (χ0v) is 20.8. The molecule has 1 saturated heterocycles. The number of likely N-dealkylation sites (tertiary alicyclic amines) is 1. The molecule has 1 atom stereocenters. The van der Waals surface area contributed by atoms with Crippen molar-refractivity contribution in [2.24, 2.45) is 5.92 Å². The molecule has 7 heteroatoms. The molecule has 4 rings (SSSR count). The average molecular weight is 489 g/mol. The Hall–Kier alpha value is -1.89. The van der Waals surface area contributed by atoms with Crippen molar-refractivity contribution in [1.29, 1.82) is 0 Å². The topological polar surface area (TPSA) is 57.7 Å². The summed E-state index contributed by atoms with van der Waals surface area (Å²) in [5, 5.41) is 0.693. The minimum Gasteiger partial charge on any atom is -0.303 e. The lowest BCUT2D eigenvalue weighted by atomic mass is 9.61. The fourth-order valence-corrected chi connectivity index (χ4v) is 6.40.